The van der Waals surface area contributed by atoms with E-state index in [0.29, 0.717) is 5.69 Å². The lowest BCUT2D eigenvalue weighted by Crippen LogP contribution is -2.24. The molecular formula is C17H20N4O3. The SMILES string of the molecule is CC(C)(C)c1ccccc1NC(=O)COC(=O)c1nccnc1N. The highest BCUT2D eigenvalue weighted by Gasteiger charge is 2.19. The number of hydrogen-bond donors (Lipinski definition) is 2. The number of amides is 1. The molecule has 7 heteroatoms. The number of nitrogens with zero attached hydrogens (tertiary/aromatic N) is 2. The van der Waals surface area contributed by atoms with Crippen LogP contribution in [0, 0.1) is 0 Å². The number of benzene rings is 1. The van der Waals surface area contributed by atoms with Crippen LogP contribution in [0.4, 0.5) is 11.5 Å². The summed E-state index contributed by atoms with van der Waals surface area (Å²) in [6.07, 6.45) is 2.69. The van der Waals surface area contributed by atoms with Crippen LogP contribution in [0.25, 0.3) is 0 Å². The molecule has 0 radical (unpaired) electrons. The molecule has 24 heavy (non-hydrogen) atoms. The first-order valence-electron chi connectivity index (χ1n) is 7.42. The van der Waals surface area contributed by atoms with Crippen LogP contribution < -0.4 is 11.1 Å². The van der Waals surface area contributed by atoms with E-state index in [1.807, 2.05) is 18.2 Å². The molecule has 1 heterocycles. The molecular weight excluding hydrogens is 308 g/mol. The Balaban J connectivity index is 2.00. The zero-order valence-corrected chi connectivity index (χ0v) is 13.9. The van der Waals surface area contributed by atoms with Crippen LogP contribution >= 0.6 is 0 Å². The van der Waals surface area contributed by atoms with Crippen molar-refractivity contribution in [3.63, 3.8) is 0 Å². The first kappa shape index (κ1) is 17.4. The van der Waals surface area contributed by atoms with Gasteiger partial charge in [0.2, 0.25) is 0 Å². The van der Waals surface area contributed by atoms with Crippen molar-refractivity contribution >= 4 is 23.4 Å². The highest BCUT2D eigenvalue weighted by atomic mass is 16.5. The number of anilines is 2. The van der Waals surface area contributed by atoms with Crippen molar-refractivity contribution in [2.75, 3.05) is 17.7 Å². The summed E-state index contributed by atoms with van der Waals surface area (Å²) >= 11 is 0. The minimum atomic E-state index is -0.792. The molecule has 0 saturated carbocycles. The third kappa shape index (κ3) is 4.28. The number of esters is 1. The van der Waals surface area contributed by atoms with E-state index in [9.17, 15) is 9.59 Å². The van der Waals surface area contributed by atoms with E-state index in [1.165, 1.54) is 12.4 Å². The second-order valence-corrected chi connectivity index (χ2v) is 6.21. The lowest BCUT2D eigenvalue weighted by Gasteiger charge is -2.22. The molecule has 0 aliphatic carbocycles. The molecule has 0 fully saturated rings. The van der Waals surface area contributed by atoms with Gasteiger partial charge in [-0.2, -0.15) is 0 Å². The molecule has 3 N–H and O–H groups in total. The van der Waals surface area contributed by atoms with Crippen LogP contribution in [-0.2, 0) is 14.9 Å². The van der Waals surface area contributed by atoms with Gasteiger partial charge in [0, 0.05) is 18.1 Å². The second kappa shape index (κ2) is 7.08. The monoisotopic (exact) mass is 328 g/mol. The fraction of sp³-hybridized carbons (Fsp3) is 0.294. The Hall–Kier alpha value is -2.96. The van der Waals surface area contributed by atoms with Crippen molar-refractivity contribution < 1.29 is 14.3 Å². The summed E-state index contributed by atoms with van der Waals surface area (Å²) < 4.78 is 4.93. The number of nitrogens with one attached hydrogen (secondary N) is 1. The zero-order chi connectivity index (χ0) is 17.7. The van der Waals surface area contributed by atoms with Gasteiger partial charge in [-0.1, -0.05) is 39.0 Å². The largest absolute Gasteiger partial charge is 0.451 e. The molecule has 0 atom stereocenters. The van der Waals surface area contributed by atoms with E-state index < -0.39 is 18.5 Å². The smallest absolute Gasteiger partial charge is 0.361 e. The summed E-state index contributed by atoms with van der Waals surface area (Å²) in [5, 5.41) is 2.76. The molecule has 7 nitrogen and oxygen atoms in total. The van der Waals surface area contributed by atoms with Crippen LogP contribution in [0.15, 0.2) is 36.7 Å². The minimum absolute atomic E-state index is 0.0408. The van der Waals surface area contributed by atoms with E-state index in [1.54, 1.807) is 6.07 Å². The summed E-state index contributed by atoms with van der Waals surface area (Å²) in [4.78, 5) is 31.5. The number of para-hydroxylation sites is 1. The Labute approximate surface area is 140 Å². The van der Waals surface area contributed by atoms with Gasteiger partial charge in [-0.25, -0.2) is 14.8 Å². The van der Waals surface area contributed by atoms with Gasteiger partial charge in [0.25, 0.3) is 5.91 Å². The predicted octanol–water partition coefficient (Wildman–Crippen LogP) is 2.15. The van der Waals surface area contributed by atoms with Gasteiger partial charge in [-0.15, -0.1) is 0 Å². The van der Waals surface area contributed by atoms with Gasteiger partial charge in [0.15, 0.2) is 18.1 Å². The van der Waals surface area contributed by atoms with E-state index in [-0.39, 0.29) is 16.9 Å². The molecule has 1 aromatic heterocycles. The predicted molar refractivity (Wildman–Crippen MR) is 90.5 cm³/mol. The number of nitrogen functional groups attached to an aromatic ring is 1. The number of hydrogen-bond acceptors (Lipinski definition) is 6. The molecule has 0 aliphatic heterocycles. The quantitative estimate of drug-likeness (QED) is 0.833. The molecule has 1 amide bonds. The maximum atomic E-state index is 12.1. The molecule has 0 unspecified atom stereocenters. The fourth-order valence-corrected chi connectivity index (χ4v) is 2.14. The fourth-order valence-electron chi connectivity index (χ4n) is 2.14. The Kier molecular flexibility index (Phi) is 5.13. The highest BCUT2D eigenvalue weighted by molar-refractivity contribution is 5.96. The molecule has 0 bridgehead atoms. The number of nitrogens with two attached hydrogens (primary N) is 1. The lowest BCUT2D eigenvalue weighted by atomic mass is 9.86. The summed E-state index contributed by atoms with van der Waals surface area (Å²) in [7, 11) is 0. The maximum Gasteiger partial charge on any atom is 0.361 e. The Morgan fingerprint density at radius 1 is 1.17 bits per heavy atom. The molecule has 2 aromatic rings. The van der Waals surface area contributed by atoms with Gasteiger partial charge < -0.3 is 15.8 Å². The van der Waals surface area contributed by atoms with Crippen LogP contribution in [0.1, 0.15) is 36.8 Å². The van der Waals surface area contributed by atoms with Crippen molar-refractivity contribution in [2.45, 2.75) is 26.2 Å². The molecule has 0 saturated heterocycles. The van der Waals surface area contributed by atoms with E-state index >= 15 is 0 Å². The Morgan fingerprint density at radius 3 is 2.50 bits per heavy atom. The summed E-state index contributed by atoms with van der Waals surface area (Å²) in [6.45, 7) is 5.71. The van der Waals surface area contributed by atoms with Crippen LogP contribution in [-0.4, -0.2) is 28.5 Å². The van der Waals surface area contributed by atoms with Crippen molar-refractivity contribution in [3.8, 4) is 0 Å². The zero-order valence-electron chi connectivity index (χ0n) is 13.9. The highest BCUT2D eigenvalue weighted by Crippen LogP contribution is 2.29. The van der Waals surface area contributed by atoms with Crippen molar-refractivity contribution in [3.05, 3.63) is 47.9 Å². The van der Waals surface area contributed by atoms with Crippen LogP contribution in [0.5, 0.6) is 0 Å². The second-order valence-electron chi connectivity index (χ2n) is 6.21. The summed E-state index contributed by atoms with van der Waals surface area (Å²) in [6, 6.07) is 7.49. The molecule has 1 aromatic carbocycles. The average Bonchev–Trinajstić information content (AvgIpc) is 2.52. The molecule has 0 aliphatic rings. The normalized spacial score (nSPS) is 11.0. The van der Waals surface area contributed by atoms with Crippen molar-refractivity contribution in [1.82, 2.24) is 9.97 Å². The third-order valence-electron chi connectivity index (χ3n) is 3.26. The molecule has 126 valence electrons. The number of carbonyl (C=O) groups is 2. The molecule has 0 spiro atoms. The van der Waals surface area contributed by atoms with Gasteiger partial charge in [-0.05, 0) is 17.0 Å². The average molecular weight is 328 g/mol. The standard InChI is InChI=1S/C17H20N4O3/c1-17(2,3)11-6-4-5-7-12(11)21-13(22)10-24-16(23)14-15(18)20-9-8-19-14/h4-9H,10H2,1-3H3,(H2,18,20)(H,21,22). The van der Waals surface area contributed by atoms with Gasteiger partial charge in [-0.3, -0.25) is 4.79 Å². The first-order valence-corrected chi connectivity index (χ1v) is 7.42. The van der Waals surface area contributed by atoms with Gasteiger partial charge in [0.05, 0.1) is 0 Å². The lowest BCUT2D eigenvalue weighted by molar-refractivity contribution is -0.119. The third-order valence-corrected chi connectivity index (χ3v) is 3.26. The summed E-state index contributed by atoms with van der Waals surface area (Å²) in [5.74, 6) is -1.27. The molecule has 2 rings (SSSR count). The van der Waals surface area contributed by atoms with Crippen molar-refractivity contribution in [2.24, 2.45) is 0 Å². The van der Waals surface area contributed by atoms with Gasteiger partial charge in [0.1, 0.15) is 0 Å². The van der Waals surface area contributed by atoms with E-state index in [0.717, 1.165) is 5.56 Å². The minimum Gasteiger partial charge on any atom is -0.451 e. The van der Waals surface area contributed by atoms with Gasteiger partial charge >= 0.3 is 5.97 Å². The first-order chi connectivity index (χ1) is 11.3. The Morgan fingerprint density at radius 2 is 1.83 bits per heavy atom. The van der Waals surface area contributed by atoms with Crippen LogP contribution in [0.2, 0.25) is 0 Å². The van der Waals surface area contributed by atoms with Crippen molar-refractivity contribution in [1.29, 1.82) is 0 Å². The maximum absolute atomic E-state index is 12.1. The van der Waals surface area contributed by atoms with Crippen LogP contribution in [0.3, 0.4) is 0 Å². The topological polar surface area (TPSA) is 107 Å². The Bertz CT molecular complexity index is 753. The van der Waals surface area contributed by atoms with E-state index in [2.05, 4.69) is 36.1 Å². The number of carbonyl (C=O) groups excluding carboxylic acids is 2. The van der Waals surface area contributed by atoms with E-state index in [4.69, 9.17) is 10.5 Å². The number of ether oxygens (including phenoxy) is 1. The number of aromatic nitrogens is 2. The number of rotatable bonds is 4. The summed E-state index contributed by atoms with van der Waals surface area (Å²) in [5.41, 5.74) is 6.98.